The lowest BCUT2D eigenvalue weighted by Crippen LogP contribution is -2.47. The van der Waals surface area contributed by atoms with Gasteiger partial charge in [-0.3, -0.25) is 19.5 Å². The third-order valence-electron chi connectivity index (χ3n) is 5.53. The second-order valence-corrected chi connectivity index (χ2v) is 8.13. The number of hydrogen-bond donors (Lipinski definition) is 0. The molecule has 0 aliphatic carbocycles. The first-order valence-corrected chi connectivity index (χ1v) is 10.7. The molecule has 1 fully saturated rings. The van der Waals surface area contributed by atoms with Crippen LogP contribution in [0.25, 0.3) is 5.57 Å². The van der Waals surface area contributed by atoms with Crippen LogP contribution in [-0.2, 0) is 16.1 Å². The zero-order valence-corrected chi connectivity index (χ0v) is 18.2. The molecule has 0 N–H and O–H groups in total. The molecule has 4 rings (SSSR count). The number of carbonyl (C=O) groups is 2. The smallest absolute Gasteiger partial charge is 0.278 e. The highest BCUT2D eigenvalue weighted by Gasteiger charge is 2.42. The Morgan fingerprint density at radius 2 is 1.77 bits per heavy atom. The van der Waals surface area contributed by atoms with Gasteiger partial charge in [0.05, 0.1) is 22.8 Å². The minimum atomic E-state index is -0.359. The molecule has 3 heterocycles. The molecule has 6 nitrogen and oxygen atoms in total. The lowest BCUT2D eigenvalue weighted by Gasteiger charge is -2.36. The van der Waals surface area contributed by atoms with Crippen LogP contribution in [0, 0.1) is 0 Å². The second-order valence-electron chi connectivity index (χ2n) is 7.29. The van der Waals surface area contributed by atoms with Crippen LogP contribution in [0.3, 0.4) is 0 Å². The fourth-order valence-corrected chi connectivity index (χ4v) is 4.38. The fourth-order valence-electron chi connectivity index (χ4n) is 3.88. The normalized spacial score (nSPS) is 18.0. The van der Waals surface area contributed by atoms with Gasteiger partial charge in [0, 0.05) is 43.0 Å². The molecule has 0 radical (unpaired) electrons. The Morgan fingerprint density at radius 3 is 2.40 bits per heavy atom. The largest absolute Gasteiger partial charge is 0.364 e. The average Bonchev–Trinajstić information content (AvgIpc) is 2.99. The monoisotopic (exact) mass is 444 g/mol. The quantitative estimate of drug-likeness (QED) is 0.662. The number of rotatable bonds is 5. The summed E-state index contributed by atoms with van der Waals surface area (Å²) in [5.74, 6) is -0.667. The number of nitrogens with zero attached hydrogens (tertiary/aromatic N) is 4. The zero-order chi connectivity index (χ0) is 21.3. The predicted molar refractivity (Wildman–Crippen MR) is 117 cm³/mol. The Hall–Kier alpha value is -2.41. The van der Waals surface area contributed by atoms with E-state index in [1.54, 1.807) is 36.5 Å². The maximum absolute atomic E-state index is 13.4. The molecule has 0 unspecified atom stereocenters. The van der Waals surface area contributed by atoms with Gasteiger partial charge in [0.25, 0.3) is 11.8 Å². The summed E-state index contributed by atoms with van der Waals surface area (Å²) < 4.78 is 0. The van der Waals surface area contributed by atoms with Gasteiger partial charge in [-0.25, -0.2) is 0 Å². The molecule has 0 atom stereocenters. The van der Waals surface area contributed by atoms with Gasteiger partial charge in [-0.1, -0.05) is 42.3 Å². The number of amides is 2. The van der Waals surface area contributed by atoms with Crippen molar-refractivity contribution in [3.63, 3.8) is 0 Å². The molecule has 0 saturated carbocycles. The third-order valence-corrected chi connectivity index (χ3v) is 6.07. The molecule has 1 aromatic heterocycles. The first kappa shape index (κ1) is 20.8. The molecule has 1 aromatic carbocycles. The maximum atomic E-state index is 13.4. The van der Waals surface area contributed by atoms with Crippen molar-refractivity contribution in [2.45, 2.75) is 13.5 Å². The molecule has 0 bridgehead atoms. The van der Waals surface area contributed by atoms with E-state index in [4.69, 9.17) is 23.2 Å². The SMILES string of the molecule is CCN1CCN(C2=C(c3ccc(Cl)cc3Cl)C(=O)N(Cc3ccccn3)C2=O)CC1. The van der Waals surface area contributed by atoms with E-state index in [0.717, 1.165) is 19.6 Å². The molecule has 0 spiro atoms. The Labute approximate surface area is 185 Å². The highest BCUT2D eigenvalue weighted by molar-refractivity contribution is 6.41. The number of aromatic nitrogens is 1. The number of likely N-dealkylation sites (N-methyl/N-ethyl adjacent to an activating group) is 1. The van der Waals surface area contributed by atoms with Crippen LogP contribution in [0.15, 0.2) is 48.3 Å². The Morgan fingerprint density at radius 1 is 1.00 bits per heavy atom. The standard InChI is InChI=1S/C22H22Cl2N4O2/c1-2-26-9-11-27(12-10-26)20-19(17-7-6-15(23)13-18(17)24)21(29)28(22(20)30)14-16-5-3-4-8-25-16/h3-8,13H,2,9-12,14H2,1H3. The first-order chi connectivity index (χ1) is 14.5. The van der Waals surface area contributed by atoms with Crippen molar-refractivity contribution in [2.24, 2.45) is 0 Å². The van der Waals surface area contributed by atoms with Crippen molar-refractivity contribution in [2.75, 3.05) is 32.7 Å². The van der Waals surface area contributed by atoms with Crippen molar-refractivity contribution in [1.82, 2.24) is 19.7 Å². The molecule has 156 valence electrons. The van der Waals surface area contributed by atoms with E-state index in [0.29, 0.717) is 45.7 Å². The summed E-state index contributed by atoms with van der Waals surface area (Å²) in [6, 6.07) is 10.4. The zero-order valence-electron chi connectivity index (χ0n) is 16.6. The molecular weight excluding hydrogens is 423 g/mol. The highest BCUT2D eigenvalue weighted by atomic mass is 35.5. The van der Waals surface area contributed by atoms with E-state index >= 15 is 0 Å². The van der Waals surface area contributed by atoms with Gasteiger partial charge >= 0.3 is 0 Å². The summed E-state index contributed by atoms with van der Waals surface area (Å²) in [7, 11) is 0. The molecule has 2 aromatic rings. The third kappa shape index (κ3) is 3.95. The van der Waals surface area contributed by atoms with Gasteiger partial charge in [0.1, 0.15) is 5.70 Å². The van der Waals surface area contributed by atoms with E-state index in [-0.39, 0.29) is 18.4 Å². The van der Waals surface area contributed by atoms with E-state index in [2.05, 4.69) is 16.8 Å². The van der Waals surface area contributed by atoms with Crippen LogP contribution in [0.1, 0.15) is 18.2 Å². The minimum Gasteiger partial charge on any atom is -0.364 e. The van der Waals surface area contributed by atoms with Gasteiger partial charge in [-0.2, -0.15) is 0 Å². The summed E-state index contributed by atoms with van der Waals surface area (Å²) in [6.07, 6.45) is 1.65. The van der Waals surface area contributed by atoms with Crippen LogP contribution < -0.4 is 0 Å². The van der Waals surface area contributed by atoms with Gasteiger partial charge in [0.15, 0.2) is 0 Å². The summed E-state index contributed by atoms with van der Waals surface area (Å²) in [6.45, 7) is 6.22. The van der Waals surface area contributed by atoms with E-state index in [1.165, 1.54) is 4.90 Å². The number of piperazine rings is 1. The van der Waals surface area contributed by atoms with Gasteiger partial charge in [-0.15, -0.1) is 0 Å². The number of halogens is 2. The van der Waals surface area contributed by atoms with Crippen molar-refractivity contribution < 1.29 is 9.59 Å². The molecule has 1 saturated heterocycles. The van der Waals surface area contributed by atoms with Gasteiger partial charge in [-0.05, 0) is 30.8 Å². The van der Waals surface area contributed by atoms with Crippen LogP contribution in [0.5, 0.6) is 0 Å². The van der Waals surface area contributed by atoms with Crippen molar-refractivity contribution in [1.29, 1.82) is 0 Å². The summed E-state index contributed by atoms with van der Waals surface area (Å²) in [4.78, 5) is 36.7. The van der Waals surface area contributed by atoms with Crippen LogP contribution >= 0.6 is 23.2 Å². The first-order valence-electron chi connectivity index (χ1n) is 9.92. The lowest BCUT2D eigenvalue weighted by molar-refractivity contribution is -0.138. The van der Waals surface area contributed by atoms with Crippen molar-refractivity contribution in [3.8, 4) is 0 Å². The van der Waals surface area contributed by atoms with Gasteiger partial charge in [0.2, 0.25) is 0 Å². The van der Waals surface area contributed by atoms with E-state index in [1.807, 2.05) is 11.0 Å². The van der Waals surface area contributed by atoms with Crippen LogP contribution in [0.4, 0.5) is 0 Å². The maximum Gasteiger partial charge on any atom is 0.278 e. The molecular formula is C22H22Cl2N4O2. The summed E-state index contributed by atoms with van der Waals surface area (Å²) in [5.41, 5.74) is 1.92. The minimum absolute atomic E-state index is 0.117. The second kappa shape index (κ2) is 8.76. The fraction of sp³-hybridized carbons (Fsp3) is 0.318. The Kier molecular flexibility index (Phi) is 6.09. The summed E-state index contributed by atoms with van der Waals surface area (Å²) >= 11 is 12.5. The van der Waals surface area contributed by atoms with Crippen LogP contribution in [-0.4, -0.2) is 64.2 Å². The molecule has 30 heavy (non-hydrogen) atoms. The topological polar surface area (TPSA) is 56.8 Å². The number of benzene rings is 1. The van der Waals surface area contributed by atoms with Crippen LogP contribution in [0.2, 0.25) is 10.0 Å². The van der Waals surface area contributed by atoms with Gasteiger partial charge < -0.3 is 9.80 Å². The molecule has 2 amide bonds. The number of hydrogen-bond acceptors (Lipinski definition) is 5. The number of carbonyl (C=O) groups excluding carboxylic acids is 2. The predicted octanol–water partition coefficient (Wildman–Crippen LogP) is 3.31. The summed E-state index contributed by atoms with van der Waals surface area (Å²) in [5, 5.41) is 0.826. The Bertz CT molecular complexity index is 1000. The highest BCUT2D eigenvalue weighted by Crippen LogP contribution is 2.37. The van der Waals surface area contributed by atoms with Crippen molar-refractivity contribution >= 4 is 40.6 Å². The molecule has 8 heteroatoms. The van der Waals surface area contributed by atoms with E-state index in [9.17, 15) is 9.59 Å². The van der Waals surface area contributed by atoms with Crippen molar-refractivity contribution in [3.05, 3.63) is 69.6 Å². The van der Waals surface area contributed by atoms with E-state index < -0.39 is 0 Å². The number of pyridine rings is 1. The average molecular weight is 445 g/mol. The number of imide groups is 1. The lowest BCUT2D eigenvalue weighted by atomic mass is 10.0. The Balaban J connectivity index is 1.74. The molecule has 2 aliphatic rings. The molecule has 2 aliphatic heterocycles.